The predicted molar refractivity (Wildman–Crippen MR) is 81.9 cm³/mol. The highest BCUT2D eigenvalue weighted by atomic mass is 35.5. The van der Waals surface area contributed by atoms with Crippen molar-refractivity contribution in [2.45, 2.75) is 6.92 Å². The lowest BCUT2D eigenvalue weighted by molar-refractivity contribution is 0.0653. The highest BCUT2D eigenvalue weighted by Crippen LogP contribution is 2.18. The minimum atomic E-state index is 0.0122. The van der Waals surface area contributed by atoms with Gasteiger partial charge in [0.05, 0.1) is 6.54 Å². The molecule has 1 aliphatic rings. The van der Waals surface area contributed by atoms with Crippen LogP contribution in [0.5, 0.6) is 0 Å². The molecule has 1 aliphatic heterocycles. The molecule has 1 fully saturated rings. The normalized spacial score (nSPS) is 17.0. The Morgan fingerprint density at radius 2 is 2.05 bits per heavy atom. The Labute approximate surface area is 128 Å². The molecular formula is C14H19ClN4O2. The lowest BCUT2D eigenvalue weighted by Crippen LogP contribution is -2.50. The minimum Gasteiger partial charge on any atom is -0.409 e. The number of piperazine rings is 1. The zero-order valence-corrected chi connectivity index (χ0v) is 12.7. The fourth-order valence-corrected chi connectivity index (χ4v) is 2.45. The number of carbonyl (C=O) groups excluding carboxylic acids is 1. The molecule has 0 radical (unpaired) electrons. The second kappa shape index (κ2) is 6.78. The Kier molecular flexibility index (Phi) is 5.03. The molecule has 0 unspecified atom stereocenters. The summed E-state index contributed by atoms with van der Waals surface area (Å²) in [5.74, 6) is 0.196. The van der Waals surface area contributed by atoms with Crippen molar-refractivity contribution in [2.75, 3.05) is 32.7 Å². The summed E-state index contributed by atoms with van der Waals surface area (Å²) in [6, 6.07) is 5.31. The largest absolute Gasteiger partial charge is 0.409 e. The third-order valence-corrected chi connectivity index (χ3v) is 4.00. The summed E-state index contributed by atoms with van der Waals surface area (Å²) in [5, 5.41) is 12.2. The lowest BCUT2D eigenvalue weighted by Gasteiger charge is -2.34. The number of halogens is 1. The van der Waals surface area contributed by atoms with Crippen molar-refractivity contribution >= 4 is 23.3 Å². The minimum absolute atomic E-state index is 0.0122. The van der Waals surface area contributed by atoms with E-state index in [1.54, 1.807) is 12.1 Å². The maximum atomic E-state index is 12.4. The van der Waals surface area contributed by atoms with Crippen LogP contribution in [0.3, 0.4) is 0 Å². The molecular weight excluding hydrogens is 292 g/mol. The van der Waals surface area contributed by atoms with Crippen LogP contribution in [0.2, 0.25) is 5.02 Å². The first kappa shape index (κ1) is 15.6. The van der Waals surface area contributed by atoms with E-state index in [2.05, 4.69) is 5.16 Å². The van der Waals surface area contributed by atoms with E-state index in [4.69, 9.17) is 22.5 Å². The van der Waals surface area contributed by atoms with E-state index in [0.29, 0.717) is 43.3 Å². The first-order valence-corrected chi connectivity index (χ1v) is 7.13. The molecule has 0 bridgehead atoms. The zero-order chi connectivity index (χ0) is 15.4. The molecule has 1 saturated heterocycles. The number of rotatable bonds is 3. The van der Waals surface area contributed by atoms with Crippen molar-refractivity contribution < 1.29 is 10.0 Å². The van der Waals surface area contributed by atoms with Crippen molar-refractivity contribution in [2.24, 2.45) is 10.9 Å². The second-order valence-electron chi connectivity index (χ2n) is 5.12. The summed E-state index contributed by atoms with van der Waals surface area (Å²) in [6.45, 7) is 4.95. The molecule has 21 heavy (non-hydrogen) atoms. The fraction of sp³-hybridized carbons (Fsp3) is 0.429. The average Bonchev–Trinajstić information content (AvgIpc) is 2.50. The Hall–Kier alpha value is -1.79. The van der Waals surface area contributed by atoms with E-state index in [0.717, 1.165) is 5.56 Å². The number of amides is 1. The lowest BCUT2D eigenvalue weighted by atomic mass is 10.1. The Balaban J connectivity index is 1.95. The summed E-state index contributed by atoms with van der Waals surface area (Å²) in [6.07, 6.45) is 0. The van der Waals surface area contributed by atoms with Gasteiger partial charge < -0.3 is 15.8 Å². The maximum Gasteiger partial charge on any atom is 0.253 e. The number of nitrogens with zero attached hydrogens (tertiary/aromatic N) is 3. The van der Waals surface area contributed by atoms with Crippen molar-refractivity contribution in [3.63, 3.8) is 0 Å². The SMILES string of the molecule is Cc1cc(C(=O)N2CCN(C/C(N)=N/O)CC2)ccc1Cl. The van der Waals surface area contributed by atoms with E-state index >= 15 is 0 Å². The number of oxime groups is 1. The molecule has 114 valence electrons. The van der Waals surface area contributed by atoms with Crippen molar-refractivity contribution in [3.8, 4) is 0 Å². The molecule has 0 saturated carbocycles. The molecule has 1 heterocycles. The van der Waals surface area contributed by atoms with Crippen LogP contribution in [0.1, 0.15) is 15.9 Å². The molecule has 0 aromatic heterocycles. The van der Waals surface area contributed by atoms with E-state index in [1.807, 2.05) is 22.8 Å². The van der Waals surface area contributed by atoms with Crippen LogP contribution in [0.4, 0.5) is 0 Å². The molecule has 0 atom stereocenters. The number of aryl methyl sites for hydroxylation is 1. The first-order valence-electron chi connectivity index (χ1n) is 6.75. The molecule has 1 aromatic rings. The summed E-state index contributed by atoms with van der Waals surface area (Å²) >= 11 is 5.98. The fourth-order valence-electron chi connectivity index (χ4n) is 2.33. The van der Waals surface area contributed by atoms with Crippen molar-refractivity contribution in [3.05, 3.63) is 34.3 Å². The third-order valence-electron chi connectivity index (χ3n) is 3.58. The van der Waals surface area contributed by atoms with Gasteiger partial charge in [0.1, 0.15) is 0 Å². The predicted octanol–water partition coefficient (Wildman–Crippen LogP) is 1.15. The number of hydrogen-bond donors (Lipinski definition) is 2. The molecule has 7 heteroatoms. The highest BCUT2D eigenvalue weighted by Gasteiger charge is 2.22. The molecule has 2 rings (SSSR count). The zero-order valence-electron chi connectivity index (χ0n) is 11.9. The van der Waals surface area contributed by atoms with Gasteiger partial charge in [-0.05, 0) is 30.7 Å². The average molecular weight is 311 g/mol. The van der Waals surface area contributed by atoms with Crippen LogP contribution >= 0.6 is 11.6 Å². The molecule has 1 amide bonds. The van der Waals surface area contributed by atoms with Gasteiger partial charge in [0.2, 0.25) is 0 Å². The first-order chi connectivity index (χ1) is 10.0. The van der Waals surface area contributed by atoms with Gasteiger partial charge in [-0.1, -0.05) is 16.8 Å². The summed E-state index contributed by atoms with van der Waals surface area (Å²) in [7, 11) is 0. The highest BCUT2D eigenvalue weighted by molar-refractivity contribution is 6.31. The third kappa shape index (κ3) is 3.86. The standard InChI is InChI=1S/C14H19ClN4O2/c1-10-8-11(2-3-12(10)15)14(20)19-6-4-18(5-7-19)9-13(16)17-21/h2-3,8,21H,4-7,9H2,1H3,(H2,16,17). The van der Waals surface area contributed by atoms with E-state index < -0.39 is 0 Å². The Morgan fingerprint density at radius 1 is 1.38 bits per heavy atom. The van der Waals surface area contributed by atoms with E-state index in [9.17, 15) is 4.79 Å². The topological polar surface area (TPSA) is 82.2 Å². The van der Waals surface area contributed by atoms with Gasteiger partial charge in [0.25, 0.3) is 5.91 Å². The van der Waals surface area contributed by atoms with Gasteiger partial charge in [0, 0.05) is 36.8 Å². The number of carbonyl (C=O) groups is 1. The van der Waals surface area contributed by atoms with Gasteiger partial charge >= 0.3 is 0 Å². The van der Waals surface area contributed by atoms with Crippen molar-refractivity contribution in [1.82, 2.24) is 9.80 Å². The van der Waals surface area contributed by atoms with E-state index in [-0.39, 0.29) is 11.7 Å². The van der Waals surface area contributed by atoms with Crippen LogP contribution < -0.4 is 5.73 Å². The summed E-state index contributed by atoms with van der Waals surface area (Å²) in [5.41, 5.74) is 7.04. The maximum absolute atomic E-state index is 12.4. The van der Waals surface area contributed by atoms with Gasteiger partial charge in [-0.3, -0.25) is 9.69 Å². The monoisotopic (exact) mass is 310 g/mol. The number of nitrogens with two attached hydrogens (primary N) is 1. The quantitative estimate of drug-likeness (QED) is 0.380. The van der Waals surface area contributed by atoms with Crippen LogP contribution in [0.25, 0.3) is 0 Å². The molecule has 3 N–H and O–H groups in total. The molecule has 6 nitrogen and oxygen atoms in total. The van der Waals surface area contributed by atoms with Crippen molar-refractivity contribution in [1.29, 1.82) is 0 Å². The molecule has 1 aromatic carbocycles. The number of hydrogen-bond acceptors (Lipinski definition) is 4. The molecule has 0 spiro atoms. The Morgan fingerprint density at radius 3 is 2.62 bits per heavy atom. The van der Waals surface area contributed by atoms with Gasteiger partial charge in [-0.2, -0.15) is 0 Å². The summed E-state index contributed by atoms with van der Waals surface area (Å²) < 4.78 is 0. The van der Waals surface area contributed by atoms with Gasteiger partial charge in [0.15, 0.2) is 5.84 Å². The van der Waals surface area contributed by atoms with Crippen LogP contribution in [0.15, 0.2) is 23.4 Å². The number of benzene rings is 1. The number of amidine groups is 1. The van der Waals surface area contributed by atoms with E-state index in [1.165, 1.54) is 0 Å². The Bertz CT molecular complexity index is 554. The van der Waals surface area contributed by atoms with Crippen LogP contribution in [-0.4, -0.2) is 59.5 Å². The van der Waals surface area contributed by atoms with Gasteiger partial charge in [-0.15, -0.1) is 0 Å². The van der Waals surface area contributed by atoms with Crippen LogP contribution in [-0.2, 0) is 0 Å². The smallest absolute Gasteiger partial charge is 0.253 e. The van der Waals surface area contributed by atoms with Crippen LogP contribution in [0, 0.1) is 6.92 Å². The molecule has 0 aliphatic carbocycles. The van der Waals surface area contributed by atoms with Gasteiger partial charge in [-0.25, -0.2) is 0 Å². The summed E-state index contributed by atoms with van der Waals surface area (Å²) in [4.78, 5) is 16.3. The second-order valence-corrected chi connectivity index (χ2v) is 5.53.